The molecule has 3 aromatic rings. The summed E-state index contributed by atoms with van der Waals surface area (Å²) >= 11 is 1.51. The van der Waals surface area contributed by atoms with E-state index in [4.69, 9.17) is 9.97 Å². The first kappa shape index (κ1) is 16.7. The summed E-state index contributed by atoms with van der Waals surface area (Å²) in [6.45, 7) is 6.71. The number of nitrogens with one attached hydrogen (secondary N) is 2. The van der Waals surface area contributed by atoms with Crippen LogP contribution in [0.15, 0.2) is 18.3 Å². The maximum Gasteiger partial charge on any atom is 0.263 e. The van der Waals surface area contributed by atoms with E-state index in [1.807, 2.05) is 19.2 Å². The number of thiophene rings is 1. The summed E-state index contributed by atoms with van der Waals surface area (Å²) in [6.07, 6.45) is 1.87. The molecule has 140 valence electrons. The van der Waals surface area contributed by atoms with E-state index in [2.05, 4.69) is 33.5 Å². The Morgan fingerprint density at radius 2 is 2.04 bits per heavy atom. The van der Waals surface area contributed by atoms with Crippen LogP contribution < -0.4 is 15.5 Å². The van der Waals surface area contributed by atoms with Crippen LogP contribution in [0.25, 0.3) is 21.1 Å². The maximum absolute atomic E-state index is 12.5. The normalized spacial score (nSPS) is 21.0. The Labute approximate surface area is 161 Å². The number of fused-ring (bicyclic) bond motifs is 5. The maximum atomic E-state index is 12.5. The number of hydrogen-bond donors (Lipinski definition) is 2. The van der Waals surface area contributed by atoms with Crippen LogP contribution in [0.3, 0.4) is 0 Å². The average molecular weight is 382 g/mol. The lowest BCUT2D eigenvalue weighted by Crippen LogP contribution is -2.44. The van der Waals surface area contributed by atoms with E-state index in [-0.39, 0.29) is 11.9 Å². The molecule has 1 saturated heterocycles. The number of piperazine rings is 1. The second-order valence-corrected chi connectivity index (χ2v) is 8.44. The number of anilines is 2. The Hall–Kier alpha value is -2.45. The van der Waals surface area contributed by atoms with Gasteiger partial charge >= 0.3 is 0 Å². The summed E-state index contributed by atoms with van der Waals surface area (Å²) in [5.41, 5.74) is 2.63. The van der Waals surface area contributed by atoms with Crippen LogP contribution >= 0.6 is 11.3 Å². The molecule has 5 rings (SSSR count). The summed E-state index contributed by atoms with van der Waals surface area (Å²) < 4.78 is 1.06. The molecule has 2 aliphatic heterocycles. The van der Waals surface area contributed by atoms with Gasteiger partial charge in [-0.3, -0.25) is 4.79 Å². The highest BCUT2D eigenvalue weighted by Crippen LogP contribution is 2.40. The van der Waals surface area contributed by atoms with Crippen LogP contribution in [0.1, 0.15) is 16.6 Å². The predicted molar refractivity (Wildman–Crippen MR) is 110 cm³/mol. The Bertz CT molecular complexity index is 1040. The van der Waals surface area contributed by atoms with E-state index in [0.717, 1.165) is 63.7 Å². The Morgan fingerprint density at radius 1 is 1.22 bits per heavy atom. The fourth-order valence-electron chi connectivity index (χ4n) is 3.77. The van der Waals surface area contributed by atoms with Gasteiger partial charge < -0.3 is 20.4 Å². The van der Waals surface area contributed by atoms with Crippen LogP contribution in [0.2, 0.25) is 0 Å². The Kier molecular flexibility index (Phi) is 3.91. The quantitative estimate of drug-likeness (QED) is 0.672. The molecular weight excluding hydrogens is 360 g/mol. The number of rotatable bonds is 1. The molecule has 0 radical (unpaired) electrons. The molecule has 0 aliphatic carbocycles. The van der Waals surface area contributed by atoms with Crippen molar-refractivity contribution in [2.24, 2.45) is 0 Å². The second kappa shape index (κ2) is 6.31. The van der Waals surface area contributed by atoms with E-state index in [1.54, 1.807) is 0 Å². The average Bonchev–Trinajstić information content (AvgIpc) is 2.99. The van der Waals surface area contributed by atoms with Crippen molar-refractivity contribution in [1.29, 1.82) is 0 Å². The van der Waals surface area contributed by atoms with Crippen molar-refractivity contribution in [1.82, 2.24) is 20.2 Å². The van der Waals surface area contributed by atoms with Gasteiger partial charge in [0.25, 0.3) is 5.91 Å². The summed E-state index contributed by atoms with van der Waals surface area (Å²) in [7, 11) is 2.15. The van der Waals surface area contributed by atoms with Crippen molar-refractivity contribution in [3.63, 3.8) is 0 Å². The fraction of sp³-hybridized carbons (Fsp3) is 0.421. The van der Waals surface area contributed by atoms with Crippen molar-refractivity contribution in [3.8, 4) is 0 Å². The van der Waals surface area contributed by atoms with Crippen LogP contribution in [-0.4, -0.2) is 66.6 Å². The predicted octanol–water partition coefficient (Wildman–Crippen LogP) is 2.14. The molecule has 2 N–H and O–H groups in total. The summed E-state index contributed by atoms with van der Waals surface area (Å²) in [5, 5.41) is 7.48. The van der Waals surface area contributed by atoms with Crippen molar-refractivity contribution in [2.75, 3.05) is 50.0 Å². The largest absolute Gasteiger partial charge is 0.381 e. The second-order valence-electron chi connectivity index (χ2n) is 7.39. The topological polar surface area (TPSA) is 73.4 Å². The molecule has 7 nitrogen and oxygen atoms in total. The number of nitrogens with zero attached hydrogens (tertiary/aromatic N) is 4. The van der Waals surface area contributed by atoms with Crippen molar-refractivity contribution >= 4 is 49.9 Å². The molecule has 1 amide bonds. The van der Waals surface area contributed by atoms with E-state index in [1.165, 1.54) is 11.3 Å². The van der Waals surface area contributed by atoms with Gasteiger partial charge in [0.1, 0.15) is 10.7 Å². The molecule has 1 fully saturated rings. The third-order valence-electron chi connectivity index (χ3n) is 5.35. The third kappa shape index (κ3) is 2.80. The number of aromatic nitrogens is 2. The van der Waals surface area contributed by atoms with Crippen molar-refractivity contribution < 1.29 is 4.79 Å². The van der Waals surface area contributed by atoms with E-state index in [9.17, 15) is 4.79 Å². The highest BCUT2D eigenvalue weighted by molar-refractivity contribution is 7.21. The van der Waals surface area contributed by atoms with Gasteiger partial charge in [-0.1, -0.05) is 0 Å². The van der Waals surface area contributed by atoms with Gasteiger partial charge in [-0.2, -0.15) is 0 Å². The monoisotopic (exact) mass is 382 g/mol. The van der Waals surface area contributed by atoms with Crippen molar-refractivity contribution in [2.45, 2.75) is 13.0 Å². The van der Waals surface area contributed by atoms with Crippen LogP contribution in [0.5, 0.6) is 0 Å². The minimum atomic E-state index is -0.0149. The molecule has 0 bridgehead atoms. The Balaban J connectivity index is 1.62. The van der Waals surface area contributed by atoms with Gasteiger partial charge in [0.15, 0.2) is 0 Å². The lowest BCUT2D eigenvalue weighted by molar-refractivity contribution is 0.0949. The van der Waals surface area contributed by atoms with Crippen LogP contribution in [0, 0.1) is 0 Å². The number of likely N-dealkylation sites (N-methyl/N-ethyl adjacent to an activating group) is 1. The molecule has 1 atom stereocenters. The Morgan fingerprint density at radius 3 is 2.85 bits per heavy atom. The van der Waals surface area contributed by atoms with Gasteiger partial charge in [-0.25, -0.2) is 9.97 Å². The SMILES string of the molecule is C[C@@H]1CNc2c(sc3ccc4nc(N5CCN(C)CC5)cnc4c23)C(=O)N1. The number of amides is 1. The molecule has 2 aliphatic rings. The minimum absolute atomic E-state index is 0.0149. The molecule has 4 heterocycles. The van der Waals surface area contributed by atoms with Crippen LogP contribution in [-0.2, 0) is 0 Å². The van der Waals surface area contributed by atoms with Gasteiger partial charge in [-0.15, -0.1) is 11.3 Å². The van der Waals surface area contributed by atoms with Crippen molar-refractivity contribution in [3.05, 3.63) is 23.2 Å². The molecular formula is C19H22N6OS. The summed E-state index contributed by atoms with van der Waals surface area (Å²) in [5.74, 6) is 0.912. The van der Waals surface area contributed by atoms with Crippen LogP contribution in [0.4, 0.5) is 11.5 Å². The molecule has 0 spiro atoms. The number of hydrogen-bond acceptors (Lipinski definition) is 7. The van der Waals surface area contributed by atoms with Gasteiger partial charge in [0.05, 0.1) is 22.9 Å². The summed E-state index contributed by atoms with van der Waals surface area (Å²) in [6, 6.07) is 4.16. The van der Waals surface area contributed by atoms with Gasteiger partial charge in [0.2, 0.25) is 0 Å². The molecule has 2 aromatic heterocycles. The molecule has 8 heteroatoms. The van der Waals surface area contributed by atoms with E-state index < -0.39 is 0 Å². The van der Waals surface area contributed by atoms with Gasteiger partial charge in [-0.05, 0) is 26.1 Å². The zero-order chi connectivity index (χ0) is 18.5. The first-order valence-electron chi connectivity index (χ1n) is 9.30. The zero-order valence-corrected chi connectivity index (χ0v) is 16.3. The third-order valence-corrected chi connectivity index (χ3v) is 6.50. The van der Waals surface area contributed by atoms with Gasteiger partial charge in [0, 0.05) is 48.9 Å². The smallest absolute Gasteiger partial charge is 0.263 e. The first-order valence-corrected chi connectivity index (χ1v) is 10.1. The molecule has 0 unspecified atom stereocenters. The number of carbonyl (C=O) groups is 1. The number of benzene rings is 1. The highest BCUT2D eigenvalue weighted by atomic mass is 32.1. The number of carbonyl (C=O) groups excluding carboxylic acids is 1. The molecule has 0 saturated carbocycles. The zero-order valence-electron chi connectivity index (χ0n) is 15.5. The van der Waals surface area contributed by atoms with E-state index >= 15 is 0 Å². The lowest BCUT2D eigenvalue weighted by Gasteiger charge is -2.33. The minimum Gasteiger partial charge on any atom is -0.381 e. The standard InChI is InChI=1S/C19H22N6OS/c1-11-9-20-17-15-13(27-18(17)19(26)22-11)4-3-12-16(15)21-10-14(23-12)25-7-5-24(2)6-8-25/h3-4,10-11,20H,5-9H2,1-2H3,(H,22,26)/t11-/m1/s1. The lowest BCUT2D eigenvalue weighted by atomic mass is 10.1. The molecule has 1 aromatic carbocycles. The molecule has 27 heavy (non-hydrogen) atoms. The highest BCUT2D eigenvalue weighted by Gasteiger charge is 2.25. The fourth-order valence-corrected chi connectivity index (χ4v) is 4.85. The first-order chi connectivity index (χ1) is 13.1. The summed E-state index contributed by atoms with van der Waals surface area (Å²) in [4.78, 5) is 27.5. The van der Waals surface area contributed by atoms with E-state index in [0.29, 0.717) is 6.54 Å².